The number of aromatic nitrogens is 4. The van der Waals surface area contributed by atoms with E-state index in [0.717, 1.165) is 17.3 Å². The Bertz CT molecular complexity index is 1340. The predicted octanol–water partition coefficient (Wildman–Crippen LogP) is 2.65. The standard InChI is InChI=1S/C21H17N5O4S2/c1-30-19(29)14-9-5-6-10-15(14)22-17(27)12-31-21-25-26-18(28)16(23-24-20(26)32-21)11-13-7-3-2-4-8-13/h2-10H,11-12H2,1H3,(H,22,27). The van der Waals surface area contributed by atoms with Gasteiger partial charge in [0.2, 0.25) is 10.9 Å². The molecular weight excluding hydrogens is 450 g/mol. The van der Waals surface area contributed by atoms with Crippen LogP contribution in [-0.4, -0.2) is 44.6 Å². The molecule has 2 heterocycles. The van der Waals surface area contributed by atoms with E-state index in [9.17, 15) is 14.4 Å². The summed E-state index contributed by atoms with van der Waals surface area (Å²) in [5.41, 5.74) is 1.54. The number of carbonyl (C=O) groups excluding carboxylic acids is 2. The third kappa shape index (κ3) is 4.84. The first-order chi connectivity index (χ1) is 15.5. The maximum absolute atomic E-state index is 12.7. The third-order valence-electron chi connectivity index (χ3n) is 4.38. The molecule has 0 aliphatic heterocycles. The van der Waals surface area contributed by atoms with Crippen molar-refractivity contribution < 1.29 is 14.3 Å². The minimum Gasteiger partial charge on any atom is -0.465 e. The SMILES string of the molecule is COC(=O)c1ccccc1NC(=O)CSc1nn2c(=O)c(Cc3ccccc3)nnc2s1. The van der Waals surface area contributed by atoms with Gasteiger partial charge in [-0.1, -0.05) is 65.6 Å². The zero-order valence-corrected chi connectivity index (χ0v) is 18.5. The van der Waals surface area contributed by atoms with E-state index in [4.69, 9.17) is 4.74 Å². The molecule has 4 rings (SSSR count). The molecule has 4 aromatic rings. The van der Waals surface area contributed by atoms with Crippen LogP contribution >= 0.6 is 23.1 Å². The average molecular weight is 468 g/mol. The van der Waals surface area contributed by atoms with Crippen LogP contribution in [0.2, 0.25) is 0 Å². The smallest absolute Gasteiger partial charge is 0.339 e. The summed E-state index contributed by atoms with van der Waals surface area (Å²) in [6, 6.07) is 16.1. The number of carbonyl (C=O) groups is 2. The molecule has 0 atom stereocenters. The fourth-order valence-electron chi connectivity index (χ4n) is 2.88. The molecule has 0 saturated carbocycles. The molecule has 0 radical (unpaired) electrons. The van der Waals surface area contributed by atoms with Crippen molar-refractivity contribution in [2.24, 2.45) is 0 Å². The first-order valence-corrected chi connectivity index (χ1v) is 11.2. The number of anilines is 1. The number of nitrogens with zero attached hydrogens (tertiary/aromatic N) is 4. The van der Waals surface area contributed by atoms with Gasteiger partial charge in [-0.15, -0.1) is 15.3 Å². The number of amides is 1. The number of methoxy groups -OCH3 is 1. The van der Waals surface area contributed by atoms with Gasteiger partial charge in [-0.25, -0.2) is 4.79 Å². The van der Waals surface area contributed by atoms with Crippen LogP contribution in [0.1, 0.15) is 21.6 Å². The fourth-order valence-corrected chi connectivity index (χ4v) is 4.55. The van der Waals surface area contributed by atoms with Gasteiger partial charge < -0.3 is 10.1 Å². The average Bonchev–Trinajstić information content (AvgIpc) is 3.24. The van der Waals surface area contributed by atoms with E-state index in [1.807, 2.05) is 30.3 Å². The normalized spacial score (nSPS) is 10.8. The Morgan fingerprint density at radius 3 is 2.62 bits per heavy atom. The number of hydrogen-bond acceptors (Lipinski definition) is 9. The van der Waals surface area contributed by atoms with Crippen LogP contribution in [0.4, 0.5) is 5.69 Å². The van der Waals surface area contributed by atoms with Gasteiger partial charge >= 0.3 is 5.97 Å². The number of esters is 1. The number of rotatable bonds is 7. The highest BCUT2D eigenvalue weighted by molar-refractivity contribution is 8.01. The molecule has 0 saturated heterocycles. The second kappa shape index (κ2) is 9.71. The highest BCUT2D eigenvalue weighted by Gasteiger charge is 2.16. The van der Waals surface area contributed by atoms with Crippen LogP contribution < -0.4 is 10.9 Å². The van der Waals surface area contributed by atoms with E-state index in [0.29, 0.717) is 27.1 Å². The maximum atomic E-state index is 12.7. The number of para-hydroxylation sites is 1. The van der Waals surface area contributed by atoms with Crippen LogP contribution in [-0.2, 0) is 16.0 Å². The summed E-state index contributed by atoms with van der Waals surface area (Å²) in [6.45, 7) is 0. The lowest BCUT2D eigenvalue weighted by Crippen LogP contribution is -2.22. The van der Waals surface area contributed by atoms with E-state index >= 15 is 0 Å². The van der Waals surface area contributed by atoms with Crippen LogP contribution in [0.25, 0.3) is 4.96 Å². The largest absolute Gasteiger partial charge is 0.465 e. The van der Waals surface area contributed by atoms with Crippen LogP contribution in [0.5, 0.6) is 0 Å². The summed E-state index contributed by atoms with van der Waals surface area (Å²) in [5, 5.41) is 15.1. The summed E-state index contributed by atoms with van der Waals surface area (Å²) in [5.74, 6) is -0.827. The van der Waals surface area contributed by atoms with E-state index in [1.165, 1.54) is 23.0 Å². The Labute approximate surface area is 190 Å². The topological polar surface area (TPSA) is 116 Å². The molecule has 2 aromatic heterocycles. The van der Waals surface area contributed by atoms with E-state index < -0.39 is 5.97 Å². The monoisotopic (exact) mass is 467 g/mol. The fraction of sp³-hybridized carbons (Fsp3) is 0.143. The lowest BCUT2D eigenvalue weighted by molar-refractivity contribution is -0.113. The number of thioether (sulfide) groups is 1. The highest BCUT2D eigenvalue weighted by Crippen LogP contribution is 2.24. The Kier molecular flexibility index (Phi) is 6.57. The molecule has 0 fully saturated rings. The molecule has 0 bridgehead atoms. The van der Waals surface area contributed by atoms with Gasteiger partial charge in [0.1, 0.15) is 5.69 Å². The molecule has 1 N–H and O–H groups in total. The van der Waals surface area contributed by atoms with Gasteiger partial charge in [0.15, 0.2) is 4.34 Å². The van der Waals surface area contributed by atoms with Crippen molar-refractivity contribution in [3.05, 3.63) is 81.8 Å². The van der Waals surface area contributed by atoms with Crippen molar-refractivity contribution in [1.29, 1.82) is 0 Å². The van der Waals surface area contributed by atoms with Crippen LogP contribution in [0.3, 0.4) is 0 Å². The van der Waals surface area contributed by atoms with E-state index in [1.54, 1.807) is 24.3 Å². The quantitative estimate of drug-likeness (QED) is 0.326. The van der Waals surface area contributed by atoms with E-state index in [-0.39, 0.29) is 22.8 Å². The van der Waals surface area contributed by atoms with Crippen molar-refractivity contribution >= 4 is 45.6 Å². The summed E-state index contributed by atoms with van der Waals surface area (Å²) in [6.07, 6.45) is 0.359. The Morgan fingerprint density at radius 2 is 1.84 bits per heavy atom. The van der Waals surface area contributed by atoms with Gasteiger partial charge in [0.25, 0.3) is 5.56 Å². The number of ether oxygens (including phenoxy) is 1. The third-order valence-corrected chi connectivity index (χ3v) is 6.42. The van der Waals surface area contributed by atoms with Gasteiger partial charge in [-0.05, 0) is 17.7 Å². The van der Waals surface area contributed by atoms with Crippen LogP contribution in [0, 0.1) is 0 Å². The maximum Gasteiger partial charge on any atom is 0.339 e. The van der Waals surface area contributed by atoms with Crippen molar-refractivity contribution in [2.75, 3.05) is 18.2 Å². The minimum absolute atomic E-state index is 0.0361. The molecule has 2 aromatic carbocycles. The molecule has 0 unspecified atom stereocenters. The van der Waals surface area contributed by atoms with Crippen molar-refractivity contribution in [1.82, 2.24) is 19.8 Å². The summed E-state index contributed by atoms with van der Waals surface area (Å²) < 4.78 is 6.45. The highest BCUT2D eigenvalue weighted by atomic mass is 32.2. The van der Waals surface area contributed by atoms with E-state index in [2.05, 4.69) is 20.6 Å². The first kappa shape index (κ1) is 21.7. The molecule has 1 amide bonds. The number of nitrogens with one attached hydrogen (secondary N) is 1. The second-order valence-electron chi connectivity index (χ2n) is 6.55. The molecule has 9 nitrogen and oxygen atoms in total. The Balaban J connectivity index is 1.45. The van der Waals surface area contributed by atoms with Gasteiger partial charge in [0, 0.05) is 6.42 Å². The molecule has 11 heteroatoms. The number of benzene rings is 2. The predicted molar refractivity (Wildman–Crippen MR) is 121 cm³/mol. The van der Waals surface area contributed by atoms with Crippen molar-refractivity contribution in [2.45, 2.75) is 10.8 Å². The second-order valence-corrected chi connectivity index (χ2v) is 8.73. The Hall–Kier alpha value is -3.57. The number of fused-ring (bicyclic) bond motifs is 1. The molecule has 32 heavy (non-hydrogen) atoms. The van der Waals surface area contributed by atoms with Crippen LogP contribution in [0.15, 0.2) is 63.7 Å². The van der Waals surface area contributed by atoms with Gasteiger partial charge in [-0.3, -0.25) is 9.59 Å². The van der Waals surface area contributed by atoms with Gasteiger partial charge in [0.05, 0.1) is 24.1 Å². The molecule has 0 aliphatic rings. The summed E-state index contributed by atoms with van der Waals surface area (Å²) >= 11 is 2.34. The van der Waals surface area contributed by atoms with Gasteiger partial charge in [-0.2, -0.15) is 4.52 Å². The first-order valence-electron chi connectivity index (χ1n) is 9.44. The molecule has 162 valence electrons. The van der Waals surface area contributed by atoms with Crippen molar-refractivity contribution in [3.8, 4) is 0 Å². The minimum atomic E-state index is -0.538. The van der Waals surface area contributed by atoms with Crippen molar-refractivity contribution in [3.63, 3.8) is 0 Å². The summed E-state index contributed by atoms with van der Waals surface area (Å²) in [7, 11) is 1.28. The molecular formula is C21H17N5O4S2. The Morgan fingerprint density at radius 1 is 1.09 bits per heavy atom. The zero-order valence-electron chi connectivity index (χ0n) is 16.8. The lowest BCUT2D eigenvalue weighted by Gasteiger charge is -2.08. The number of hydrogen-bond donors (Lipinski definition) is 1. The molecule has 0 spiro atoms. The zero-order chi connectivity index (χ0) is 22.5. The lowest BCUT2D eigenvalue weighted by atomic mass is 10.1. The summed E-state index contributed by atoms with van der Waals surface area (Å²) in [4.78, 5) is 37.3. The molecule has 0 aliphatic carbocycles.